The van der Waals surface area contributed by atoms with Crippen LogP contribution in [0.4, 0.5) is 0 Å². The summed E-state index contributed by atoms with van der Waals surface area (Å²) >= 11 is 0. The minimum absolute atomic E-state index is 0.0114. The molecule has 2 aliphatic rings. The van der Waals surface area contributed by atoms with E-state index < -0.39 is 6.04 Å². The number of carbonyl (C=O) groups is 2. The number of rotatable bonds is 4. The molecule has 0 radical (unpaired) electrons. The average molecular weight is 415 g/mol. The van der Waals surface area contributed by atoms with Crippen LogP contribution in [0, 0.1) is 0 Å². The lowest BCUT2D eigenvalue weighted by Gasteiger charge is -2.38. The van der Waals surface area contributed by atoms with Gasteiger partial charge in [-0.1, -0.05) is 36.4 Å². The molecule has 1 aromatic carbocycles. The number of H-pyrrole nitrogens is 1. The molecular formula is C25H26N4O2. The molecule has 1 fully saturated rings. The third-order valence-electron chi connectivity index (χ3n) is 6.34. The van der Waals surface area contributed by atoms with Gasteiger partial charge in [0.05, 0.1) is 0 Å². The van der Waals surface area contributed by atoms with Crippen LogP contribution in [-0.4, -0.2) is 51.2 Å². The normalized spacial score (nSPS) is 18.2. The van der Waals surface area contributed by atoms with E-state index in [0.29, 0.717) is 26.1 Å². The van der Waals surface area contributed by atoms with E-state index in [1.165, 1.54) is 5.57 Å². The van der Waals surface area contributed by atoms with Gasteiger partial charge < -0.3 is 14.8 Å². The van der Waals surface area contributed by atoms with Gasteiger partial charge in [0.25, 0.3) is 0 Å². The molecule has 0 spiro atoms. The molecule has 0 saturated carbocycles. The van der Waals surface area contributed by atoms with Crippen molar-refractivity contribution < 1.29 is 9.59 Å². The lowest BCUT2D eigenvalue weighted by atomic mass is 9.97. The molecule has 5 rings (SSSR count). The Bertz CT molecular complexity index is 1130. The molecule has 2 aromatic heterocycles. The van der Waals surface area contributed by atoms with Gasteiger partial charge >= 0.3 is 0 Å². The van der Waals surface area contributed by atoms with Crippen molar-refractivity contribution in [3.63, 3.8) is 0 Å². The summed E-state index contributed by atoms with van der Waals surface area (Å²) in [4.78, 5) is 37.6. The van der Waals surface area contributed by atoms with Gasteiger partial charge in [0.15, 0.2) is 0 Å². The van der Waals surface area contributed by atoms with Crippen molar-refractivity contribution in [2.24, 2.45) is 0 Å². The van der Waals surface area contributed by atoms with Gasteiger partial charge in [0, 0.05) is 49.4 Å². The second-order valence-electron chi connectivity index (χ2n) is 8.22. The van der Waals surface area contributed by atoms with Gasteiger partial charge in [0.2, 0.25) is 11.8 Å². The van der Waals surface area contributed by atoms with Crippen molar-refractivity contribution in [1.82, 2.24) is 19.8 Å². The molecule has 1 atom stereocenters. The maximum absolute atomic E-state index is 13.6. The number of fused-ring (bicyclic) bond motifs is 1. The van der Waals surface area contributed by atoms with Crippen molar-refractivity contribution in [1.29, 1.82) is 0 Å². The van der Waals surface area contributed by atoms with Crippen LogP contribution < -0.4 is 0 Å². The predicted octanol–water partition coefficient (Wildman–Crippen LogP) is 3.93. The first-order valence-electron chi connectivity index (χ1n) is 11.0. The molecule has 1 N–H and O–H groups in total. The van der Waals surface area contributed by atoms with Crippen molar-refractivity contribution >= 4 is 28.4 Å². The molecule has 31 heavy (non-hydrogen) atoms. The summed E-state index contributed by atoms with van der Waals surface area (Å²) in [6, 6.07) is 13.2. The summed E-state index contributed by atoms with van der Waals surface area (Å²) in [5.74, 6) is 0.0883. The molecule has 3 aromatic rings. The zero-order valence-corrected chi connectivity index (χ0v) is 17.5. The number of nitrogens with zero attached hydrogens (tertiary/aromatic N) is 3. The Hall–Kier alpha value is -3.41. The van der Waals surface area contributed by atoms with E-state index in [-0.39, 0.29) is 11.8 Å². The van der Waals surface area contributed by atoms with Crippen molar-refractivity contribution in [2.45, 2.75) is 31.7 Å². The van der Waals surface area contributed by atoms with E-state index in [0.717, 1.165) is 41.4 Å². The summed E-state index contributed by atoms with van der Waals surface area (Å²) < 4.78 is 0. The van der Waals surface area contributed by atoms with Crippen molar-refractivity contribution in [3.8, 4) is 0 Å². The number of pyridine rings is 1. The summed E-state index contributed by atoms with van der Waals surface area (Å²) in [6.07, 6.45) is 9.07. The SMILES string of the molecule is O=C(C(c1ccccc1)N1CCCCC1=O)N1CC=C(c2c[nH]c3ncccc23)CC1. The number of piperidine rings is 1. The highest BCUT2D eigenvalue weighted by molar-refractivity contribution is 5.92. The van der Waals surface area contributed by atoms with E-state index in [1.807, 2.05) is 47.5 Å². The van der Waals surface area contributed by atoms with Crippen LogP contribution in [0.1, 0.15) is 42.9 Å². The Labute approximate surface area is 181 Å². The number of aromatic nitrogens is 2. The molecular weight excluding hydrogens is 388 g/mol. The molecule has 6 nitrogen and oxygen atoms in total. The molecule has 1 unspecified atom stereocenters. The van der Waals surface area contributed by atoms with Crippen LogP contribution in [0.3, 0.4) is 0 Å². The van der Waals surface area contributed by atoms with E-state index in [4.69, 9.17) is 0 Å². The Morgan fingerprint density at radius 3 is 2.68 bits per heavy atom. The Morgan fingerprint density at radius 2 is 1.90 bits per heavy atom. The highest BCUT2D eigenvalue weighted by Gasteiger charge is 2.35. The second-order valence-corrected chi connectivity index (χ2v) is 8.22. The predicted molar refractivity (Wildman–Crippen MR) is 120 cm³/mol. The number of likely N-dealkylation sites (tertiary alicyclic amines) is 1. The zero-order valence-electron chi connectivity index (χ0n) is 17.5. The Kier molecular flexibility index (Phi) is 5.28. The van der Waals surface area contributed by atoms with Crippen LogP contribution in [0.2, 0.25) is 0 Å². The van der Waals surface area contributed by atoms with Crippen molar-refractivity contribution in [3.05, 3.63) is 72.1 Å². The molecule has 158 valence electrons. The highest BCUT2D eigenvalue weighted by atomic mass is 16.2. The first kappa shape index (κ1) is 19.5. The summed E-state index contributed by atoms with van der Waals surface area (Å²) in [6.45, 7) is 1.83. The van der Waals surface area contributed by atoms with Crippen LogP contribution in [-0.2, 0) is 9.59 Å². The Balaban J connectivity index is 1.40. The lowest BCUT2D eigenvalue weighted by Crippen LogP contribution is -2.48. The number of amides is 2. The van der Waals surface area contributed by atoms with Gasteiger partial charge in [-0.25, -0.2) is 4.98 Å². The van der Waals surface area contributed by atoms with Gasteiger partial charge in [0.1, 0.15) is 11.7 Å². The molecule has 4 heterocycles. The molecule has 2 aliphatic heterocycles. The van der Waals surface area contributed by atoms with Gasteiger partial charge in [-0.05, 0) is 42.5 Å². The molecule has 2 amide bonds. The molecule has 0 bridgehead atoms. The third-order valence-corrected chi connectivity index (χ3v) is 6.34. The zero-order chi connectivity index (χ0) is 21.2. The van der Waals surface area contributed by atoms with Gasteiger partial charge in [-0.3, -0.25) is 9.59 Å². The summed E-state index contributed by atoms with van der Waals surface area (Å²) in [7, 11) is 0. The topological polar surface area (TPSA) is 69.3 Å². The monoisotopic (exact) mass is 414 g/mol. The van der Waals surface area contributed by atoms with Crippen LogP contribution in [0.5, 0.6) is 0 Å². The van der Waals surface area contributed by atoms with Gasteiger partial charge in [-0.15, -0.1) is 0 Å². The Morgan fingerprint density at radius 1 is 1.03 bits per heavy atom. The van der Waals surface area contributed by atoms with E-state index >= 15 is 0 Å². The summed E-state index contributed by atoms with van der Waals surface area (Å²) in [5.41, 5.74) is 4.15. The molecule has 6 heteroatoms. The van der Waals surface area contributed by atoms with E-state index in [9.17, 15) is 9.59 Å². The summed E-state index contributed by atoms with van der Waals surface area (Å²) in [5, 5.41) is 1.11. The quantitative estimate of drug-likeness (QED) is 0.703. The fraction of sp³-hybridized carbons (Fsp3) is 0.320. The maximum Gasteiger partial charge on any atom is 0.250 e. The average Bonchev–Trinajstić information content (AvgIpc) is 3.25. The first-order valence-corrected chi connectivity index (χ1v) is 11.0. The maximum atomic E-state index is 13.6. The second kappa shape index (κ2) is 8.38. The van der Waals surface area contributed by atoms with Crippen molar-refractivity contribution in [2.75, 3.05) is 19.6 Å². The fourth-order valence-electron chi connectivity index (χ4n) is 4.70. The lowest BCUT2D eigenvalue weighted by molar-refractivity contribution is -0.147. The fourth-order valence-corrected chi connectivity index (χ4v) is 4.70. The first-order chi connectivity index (χ1) is 15.2. The number of hydrogen-bond acceptors (Lipinski definition) is 3. The minimum atomic E-state index is -0.541. The number of carbonyl (C=O) groups excluding carboxylic acids is 2. The number of benzene rings is 1. The van der Waals surface area contributed by atoms with Crippen LogP contribution >= 0.6 is 0 Å². The standard InChI is InChI=1S/C25H26N4O2/c30-22-10-4-5-14-29(22)23(19-7-2-1-3-8-19)25(31)28-15-11-18(12-16-28)21-17-27-24-20(21)9-6-13-26-24/h1-3,6-9,11,13,17,23H,4-5,10,12,14-16H2,(H,26,27). The third kappa shape index (κ3) is 3.74. The van der Waals surface area contributed by atoms with Crippen LogP contribution in [0.15, 0.2) is 60.9 Å². The highest BCUT2D eigenvalue weighted by Crippen LogP contribution is 2.31. The van der Waals surface area contributed by atoms with Gasteiger partial charge in [-0.2, -0.15) is 0 Å². The van der Waals surface area contributed by atoms with E-state index in [2.05, 4.69) is 22.1 Å². The molecule has 1 saturated heterocycles. The largest absolute Gasteiger partial charge is 0.346 e. The minimum Gasteiger partial charge on any atom is -0.346 e. The van der Waals surface area contributed by atoms with E-state index in [1.54, 1.807) is 11.1 Å². The number of hydrogen-bond donors (Lipinski definition) is 1. The smallest absolute Gasteiger partial charge is 0.250 e. The number of nitrogens with one attached hydrogen (secondary N) is 1. The molecule has 0 aliphatic carbocycles. The number of aromatic amines is 1. The van der Waals surface area contributed by atoms with Crippen LogP contribution in [0.25, 0.3) is 16.6 Å².